The minimum atomic E-state index is -4.89. The molecular weight excluding hydrogens is 217 g/mol. The summed E-state index contributed by atoms with van der Waals surface area (Å²) in [5, 5.41) is 0. The zero-order valence-electron chi connectivity index (χ0n) is 8.23. The van der Waals surface area contributed by atoms with E-state index in [1.165, 1.54) is 19.1 Å². The summed E-state index contributed by atoms with van der Waals surface area (Å²) in [5.74, 6) is 0. The van der Waals surface area contributed by atoms with Crippen LogP contribution in [0.4, 0.5) is 12.9 Å². The van der Waals surface area contributed by atoms with E-state index in [-0.39, 0.29) is 63.5 Å². The van der Waals surface area contributed by atoms with Crippen LogP contribution in [0.15, 0.2) is 18.2 Å². The van der Waals surface area contributed by atoms with Gasteiger partial charge in [-0.25, -0.2) is 0 Å². The number of aryl methyl sites for hydroxylation is 1. The van der Waals surface area contributed by atoms with Crippen LogP contribution in [0.1, 0.15) is 11.1 Å². The molecule has 1 rings (SSSR count). The summed E-state index contributed by atoms with van der Waals surface area (Å²) in [4.78, 5) is 0. The van der Waals surface area contributed by atoms with Crippen LogP contribution in [-0.2, 0) is 6.54 Å². The third-order valence-electron chi connectivity index (χ3n) is 1.92. The van der Waals surface area contributed by atoms with Crippen LogP contribution in [-0.4, -0.2) is 6.98 Å². The molecule has 0 atom stereocenters. The van der Waals surface area contributed by atoms with E-state index < -0.39 is 12.4 Å². The van der Waals surface area contributed by atoms with E-state index in [4.69, 9.17) is 5.73 Å². The van der Waals surface area contributed by atoms with Crippen molar-refractivity contribution >= 4 is 12.4 Å². The molecule has 1 nitrogen and oxygen atoms in total. The van der Waals surface area contributed by atoms with E-state index in [2.05, 4.69) is 0 Å². The van der Waals surface area contributed by atoms with E-state index in [9.17, 15) is 12.9 Å². The first-order chi connectivity index (χ1) is 5.95. The molecule has 0 saturated carbocycles. The number of rotatable bonds is 2. The maximum Gasteiger partial charge on any atom is 1.00 e. The van der Waals surface area contributed by atoms with Crippen molar-refractivity contribution in [2.24, 2.45) is 5.73 Å². The second-order valence-electron chi connectivity index (χ2n) is 2.97. The van der Waals surface area contributed by atoms with Crippen molar-refractivity contribution in [3.05, 3.63) is 29.3 Å². The Morgan fingerprint density at radius 3 is 2.21 bits per heavy atom. The first kappa shape index (κ1) is 14.7. The Morgan fingerprint density at radius 2 is 1.86 bits per heavy atom. The molecule has 0 bridgehead atoms. The van der Waals surface area contributed by atoms with E-state index in [0.29, 0.717) is 0 Å². The van der Waals surface area contributed by atoms with Crippen molar-refractivity contribution in [2.75, 3.05) is 0 Å². The molecule has 0 radical (unpaired) electrons. The van der Waals surface area contributed by atoms with Crippen LogP contribution < -0.4 is 62.6 Å². The fraction of sp³-hybridized carbons (Fsp3) is 0.250. The summed E-state index contributed by atoms with van der Waals surface area (Å²) < 4.78 is 36.9. The third-order valence-corrected chi connectivity index (χ3v) is 1.92. The Labute approximate surface area is 124 Å². The van der Waals surface area contributed by atoms with E-state index in [1.54, 1.807) is 0 Å². The molecule has 0 saturated heterocycles. The maximum atomic E-state index is 12.3. The third kappa shape index (κ3) is 3.68. The van der Waals surface area contributed by atoms with Gasteiger partial charge in [0.05, 0.1) is 0 Å². The molecule has 0 amide bonds. The van der Waals surface area contributed by atoms with Crippen LogP contribution >= 0.6 is 0 Å². The van der Waals surface area contributed by atoms with Crippen molar-refractivity contribution in [2.45, 2.75) is 13.5 Å². The van der Waals surface area contributed by atoms with Gasteiger partial charge in [-0.1, -0.05) is 23.8 Å². The van der Waals surface area contributed by atoms with E-state index in [0.717, 1.165) is 11.6 Å². The van der Waals surface area contributed by atoms with Gasteiger partial charge in [0, 0.05) is 6.54 Å². The number of hydrogen-bond acceptors (Lipinski definition) is 1. The summed E-state index contributed by atoms with van der Waals surface area (Å²) in [6.45, 7) is -3.17. The van der Waals surface area contributed by atoms with Gasteiger partial charge in [0.25, 0.3) is 0 Å². The molecule has 6 heteroatoms. The van der Waals surface area contributed by atoms with Gasteiger partial charge in [0.1, 0.15) is 0 Å². The van der Waals surface area contributed by atoms with Gasteiger partial charge in [-0.3, -0.25) is 0 Å². The molecule has 72 valence electrons. The monoisotopic (exact) mass is 227 g/mol. The van der Waals surface area contributed by atoms with Crippen molar-refractivity contribution in [3.8, 4) is 0 Å². The molecule has 0 aliphatic rings. The average Bonchev–Trinajstić information content (AvgIpc) is 2.01. The first-order valence-electron chi connectivity index (χ1n) is 3.94. The first-order valence-corrected chi connectivity index (χ1v) is 3.94. The quantitative estimate of drug-likeness (QED) is 0.612. The molecule has 1 aromatic rings. The summed E-state index contributed by atoms with van der Waals surface area (Å²) in [6, 6.07) is 3.99. The molecule has 2 N–H and O–H groups in total. The van der Waals surface area contributed by atoms with E-state index in [1.807, 2.05) is 0 Å². The Balaban J connectivity index is 0.00000169. The molecule has 0 aliphatic carbocycles. The van der Waals surface area contributed by atoms with Gasteiger partial charge in [-0.2, -0.15) is 0 Å². The van der Waals surface area contributed by atoms with Gasteiger partial charge in [0.2, 0.25) is 0 Å². The van der Waals surface area contributed by atoms with Crippen molar-refractivity contribution in [3.63, 3.8) is 0 Å². The average molecular weight is 227 g/mol. The molecule has 0 fully saturated rings. The normalized spacial score (nSPS) is 10.9. The molecule has 14 heavy (non-hydrogen) atoms. The molecular formula is C8H10BF3KN. The SMILES string of the molecule is Cc1cc(CN)ccc1[B-](F)(F)F.[K+]. The molecule has 0 aliphatic heterocycles. The van der Waals surface area contributed by atoms with Crippen LogP contribution in [0, 0.1) is 6.92 Å². The van der Waals surface area contributed by atoms with Gasteiger partial charge in [-0.15, -0.1) is 5.46 Å². The fourth-order valence-corrected chi connectivity index (χ4v) is 1.23. The number of benzene rings is 1. The minimum absolute atomic E-state index is 0. The number of hydrogen-bond donors (Lipinski definition) is 1. The largest absolute Gasteiger partial charge is 1.00 e. The molecule has 0 heterocycles. The molecule has 0 aromatic heterocycles. The Kier molecular flexibility index (Phi) is 5.94. The Bertz CT molecular complexity index is 314. The van der Waals surface area contributed by atoms with Gasteiger partial charge >= 0.3 is 58.4 Å². The van der Waals surface area contributed by atoms with Gasteiger partial charge < -0.3 is 18.7 Å². The summed E-state index contributed by atoms with van der Waals surface area (Å²) in [5.41, 5.74) is 5.74. The Morgan fingerprint density at radius 1 is 1.29 bits per heavy atom. The van der Waals surface area contributed by atoms with Crippen LogP contribution in [0.3, 0.4) is 0 Å². The van der Waals surface area contributed by atoms with Crippen molar-refractivity contribution in [1.29, 1.82) is 0 Å². The zero-order chi connectivity index (χ0) is 10.1. The summed E-state index contributed by atoms with van der Waals surface area (Å²) in [7, 11) is 0. The molecule has 0 unspecified atom stereocenters. The van der Waals surface area contributed by atoms with Crippen LogP contribution in [0.5, 0.6) is 0 Å². The molecule has 0 spiro atoms. The van der Waals surface area contributed by atoms with Crippen LogP contribution in [0.25, 0.3) is 0 Å². The van der Waals surface area contributed by atoms with Gasteiger partial charge in [-0.05, 0) is 12.5 Å². The van der Waals surface area contributed by atoms with E-state index >= 15 is 0 Å². The Hall–Kier alpha value is 0.671. The second-order valence-corrected chi connectivity index (χ2v) is 2.97. The van der Waals surface area contributed by atoms with Crippen molar-refractivity contribution in [1.82, 2.24) is 0 Å². The molecule has 1 aromatic carbocycles. The summed E-state index contributed by atoms with van der Waals surface area (Å²) >= 11 is 0. The number of halogens is 3. The maximum absolute atomic E-state index is 12.3. The fourth-order valence-electron chi connectivity index (χ4n) is 1.23. The summed E-state index contributed by atoms with van der Waals surface area (Å²) in [6.07, 6.45) is 0. The second kappa shape index (κ2) is 5.67. The van der Waals surface area contributed by atoms with Crippen LogP contribution in [0.2, 0.25) is 0 Å². The topological polar surface area (TPSA) is 26.0 Å². The van der Waals surface area contributed by atoms with Gasteiger partial charge in [0.15, 0.2) is 0 Å². The zero-order valence-corrected chi connectivity index (χ0v) is 11.4. The predicted molar refractivity (Wildman–Crippen MR) is 47.8 cm³/mol. The minimum Gasteiger partial charge on any atom is -0.445 e. The standard InChI is InChI=1S/C8H10BF3N.K/c1-6-4-7(5-13)2-3-8(6)9(10,11)12;/h2-4H,5,13H2,1H3;/q-1;+1. The smallest absolute Gasteiger partial charge is 0.445 e. The number of nitrogens with two attached hydrogens (primary N) is 1. The predicted octanol–water partition coefficient (Wildman–Crippen LogP) is -1.49. The van der Waals surface area contributed by atoms with Crippen molar-refractivity contribution < 1.29 is 64.3 Å².